The maximum atomic E-state index is 5.92. The second-order valence-corrected chi connectivity index (χ2v) is 5.05. The highest BCUT2D eigenvalue weighted by Gasteiger charge is 2.03. The van der Waals surface area contributed by atoms with Gasteiger partial charge in [0.25, 0.3) is 0 Å². The first kappa shape index (κ1) is 13.6. The van der Waals surface area contributed by atoms with Crippen LogP contribution in [-0.2, 0) is 6.42 Å². The van der Waals surface area contributed by atoms with Gasteiger partial charge in [-0.25, -0.2) is 0 Å². The maximum absolute atomic E-state index is 5.92. The van der Waals surface area contributed by atoms with Crippen LogP contribution in [0.5, 0.6) is 11.5 Å². The van der Waals surface area contributed by atoms with Crippen molar-refractivity contribution in [3.63, 3.8) is 0 Å². The zero-order valence-electron chi connectivity index (χ0n) is 11.9. The lowest BCUT2D eigenvalue weighted by Gasteiger charge is -2.10. The topological polar surface area (TPSA) is 35.2 Å². The van der Waals surface area contributed by atoms with Gasteiger partial charge >= 0.3 is 0 Å². The SMILES string of the molecule is Cc1cc(C)cc(Oc2ccc(CCN)c(C)c2)c1. The van der Waals surface area contributed by atoms with Crippen molar-refractivity contribution in [3.8, 4) is 11.5 Å². The number of ether oxygens (including phenoxy) is 1. The molecule has 0 saturated heterocycles. The lowest BCUT2D eigenvalue weighted by molar-refractivity contribution is 0.481. The van der Waals surface area contributed by atoms with E-state index in [4.69, 9.17) is 10.5 Å². The van der Waals surface area contributed by atoms with Gasteiger partial charge in [-0.15, -0.1) is 0 Å². The summed E-state index contributed by atoms with van der Waals surface area (Å²) in [6, 6.07) is 12.4. The van der Waals surface area contributed by atoms with Crippen LogP contribution in [0.4, 0.5) is 0 Å². The van der Waals surface area contributed by atoms with Gasteiger partial charge in [-0.05, 0) is 80.3 Å². The fourth-order valence-electron chi connectivity index (χ4n) is 2.30. The Morgan fingerprint density at radius 3 is 2.16 bits per heavy atom. The van der Waals surface area contributed by atoms with Crippen molar-refractivity contribution in [2.75, 3.05) is 6.54 Å². The van der Waals surface area contributed by atoms with Gasteiger partial charge in [-0.3, -0.25) is 0 Å². The average molecular weight is 255 g/mol. The molecule has 0 fully saturated rings. The van der Waals surface area contributed by atoms with Gasteiger partial charge in [0.05, 0.1) is 0 Å². The van der Waals surface area contributed by atoms with Crippen LogP contribution in [0.3, 0.4) is 0 Å². The normalized spacial score (nSPS) is 10.5. The molecule has 0 bridgehead atoms. The first-order valence-electron chi connectivity index (χ1n) is 6.64. The highest BCUT2D eigenvalue weighted by atomic mass is 16.5. The van der Waals surface area contributed by atoms with Gasteiger partial charge < -0.3 is 10.5 Å². The molecule has 0 aliphatic rings. The molecular formula is C17H21NO. The van der Waals surface area contributed by atoms with Gasteiger partial charge in [0.15, 0.2) is 0 Å². The molecule has 0 unspecified atom stereocenters. The summed E-state index contributed by atoms with van der Waals surface area (Å²) in [5, 5.41) is 0. The van der Waals surface area contributed by atoms with Crippen LogP contribution in [0.25, 0.3) is 0 Å². The molecule has 0 saturated carbocycles. The third-order valence-electron chi connectivity index (χ3n) is 3.16. The van der Waals surface area contributed by atoms with Crippen molar-refractivity contribution in [1.29, 1.82) is 0 Å². The van der Waals surface area contributed by atoms with Gasteiger partial charge in [0.2, 0.25) is 0 Å². The highest BCUT2D eigenvalue weighted by molar-refractivity contribution is 5.40. The van der Waals surface area contributed by atoms with Crippen LogP contribution in [0.1, 0.15) is 22.3 Å². The van der Waals surface area contributed by atoms with E-state index in [1.807, 2.05) is 6.07 Å². The largest absolute Gasteiger partial charge is 0.457 e. The monoisotopic (exact) mass is 255 g/mol. The average Bonchev–Trinajstić information content (AvgIpc) is 2.31. The molecule has 2 aromatic carbocycles. The lowest BCUT2D eigenvalue weighted by Crippen LogP contribution is -2.04. The molecule has 0 radical (unpaired) electrons. The molecule has 100 valence electrons. The number of nitrogens with two attached hydrogens (primary N) is 1. The molecule has 2 nitrogen and oxygen atoms in total. The molecule has 2 rings (SSSR count). The molecule has 19 heavy (non-hydrogen) atoms. The third kappa shape index (κ3) is 3.58. The zero-order chi connectivity index (χ0) is 13.8. The minimum atomic E-state index is 0.679. The van der Waals surface area contributed by atoms with Gasteiger partial charge in [0.1, 0.15) is 11.5 Å². The fourth-order valence-corrected chi connectivity index (χ4v) is 2.30. The van der Waals surface area contributed by atoms with Crippen molar-refractivity contribution < 1.29 is 4.74 Å². The number of benzene rings is 2. The summed E-state index contributed by atoms with van der Waals surface area (Å²) < 4.78 is 5.92. The van der Waals surface area contributed by atoms with E-state index in [-0.39, 0.29) is 0 Å². The fraction of sp³-hybridized carbons (Fsp3) is 0.294. The molecule has 2 aromatic rings. The maximum Gasteiger partial charge on any atom is 0.127 e. The Morgan fingerprint density at radius 2 is 1.58 bits per heavy atom. The van der Waals surface area contributed by atoms with E-state index in [1.54, 1.807) is 0 Å². The van der Waals surface area contributed by atoms with Crippen molar-refractivity contribution in [2.24, 2.45) is 5.73 Å². The standard InChI is InChI=1S/C17H21NO/c1-12-8-13(2)10-17(9-12)19-16-5-4-15(6-7-18)14(3)11-16/h4-5,8-11H,6-7,18H2,1-3H3. The molecule has 2 N–H and O–H groups in total. The molecule has 0 atom stereocenters. The van der Waals surface area contributed by atoms with Crippen LogP contribution in [0, 0.1) is 20.8 Å². The second kappa shape index (κ2) is 5.89. The predicted octanol–water partition coefficient (Wildman–Crippen LogP) is 3.91. The Bertz CT molecular complexity index is 555. The highest BCUT2D eigenvalue weighted by Crippen LogP contribution is 2.25. The smallest absolute Gasteiger partial charge is 0.127 e. The molecule has 0 aliphatic heterocycles. The lowest BCUT2D eigenvalue weighted by atomic mass is 10.1. The summed E-state index contributed by atoms with van der Waals surface area (Å²) in [6.07, 6.45) is 0.912. The Kier molecular flexibility index (Phi) is 4.23. The summed E-state index contributed by atoms with van der Waals surface area (Å²) >= 11 is 0. The van der Waals surface area contributed by atoms with E-state index in [0.717, 1.165) is 17.9 Å². The Balaban J connectivity index is 2.21. The van der Waals surface area contributed by atoms with E-state index in [9.17, 15) is 0 Å². The van der Waals surface area contributed by atoms with Crippen LogP contribution < -0.4 is 10.5 Å². The predicted molar refractivity (Wildman–Crippen MR) is 79.9 cm³/mol. The summed E-state index contributed by atoms with van der Waals surface area (Å²) in [4.78, 5) is 0. The minimum Gasteiger partial charge on any atom is -0.457 e. The van der Waals surface area contributed by atoms with Crippen LogP contribution in [0.15, 0.2) is 36.4 Å². The third-order valence-corrected chi connectivity index (χ3v) is 3.16. The van der Waals surface area contributed by atoms with E-state index < -0.39 is 0 Å². The van der Waals surface area contributed by atoms with Crippen molar-refractivity contribution in [1.82, 2.24) is 0 Å². The van der Waals surface area contributed by atoms with Gasteiger partial charge in [0, 0.05) is 0 Å². The van der Waals surface area contributed by atoms with Crippen LogP contribution in [0.2, 0.25) is 0 Å². The molecule has 0 spiro atoms. The quantitative estimate of drug-likeness (QED) is 0.899. The summed E-state index contributed by atoms with van der Waals surface area (Å²) in [5.74, 6) is 1.77. The zero-order valence-corrected chi connectivity index (χ0v) is 11.9. The molecule has 0 amide bonds. The summed E-state index contributed by atoms with van der Waals surface area (Å²) in [5.41, 5.74) is 10.5. The summed E-state index contributed by atoms with van der Waals surface area (Å²) in [7, 11) is 0. The van der Waals surface area contributed by atoms with Gasteiger partial charge in [-0.2, -0.15) is 0 Å². The number of aryl methyl sites for hydroxylation is 3. The first-order chi connectivity index (χ1) is 9.08. The van der Waals surface area contributed by atoms with Gasteiger partial charge in [-0.1, -0.05) is 12.1 Å². The van der Waals surface area contributed by atoms with Crippen LogP contribution in [-0.4, -0.2) is 6.54 Å². The van der Waals surface area contributed by atoms with E-state index in [2.05, 4.69) is 51.1 Å². The molecule has 0 heterocycles. The summed E-state index contributed by atoms with van der Waals surface area (Å²) in [6.45, 7) is 6.93. The van der Waals surface area contributed by atoms with E-state index in [1.165, 1.54) is 22.3 Å². The van der Waals surface area contributed by atoms with Crippen LogP contribution >= 0.6 is 0 Å². The van der Waals surface area contributed by atoms with Crippen molar-refractivity contribution >= 4 is 0 Å². The van der Waals surface area contributed by atoms with E-state index >= 15 is 0 Å². The number of hydrogen-bond donors (Lipinski definition) is 1. The Labute approximate surface area is 115 Å². The van der Waals surface area contributed by atoms with Crippen molar-refractivity contribution in [2.45, 2.75) is 27.2 Å². The molecular weight excluding hydrogens is 234 g/mol. The second-order valence-electron chi connectivity index (χ2n) is 5.05. The molecule has 0 aliphatic carbocycles. The minimum absolute atomic E-state index is 0.679. The number of hydrogen-bond acceptors (Lipinski definition) is 2. The molecule has 2 heteroatoms. The molecule has 0 aromatic heterocycles. The Hall–Kier alpha value is -1.80. The van der Waals surface area contributed by atoms with Crippen molar-refractivity contribution in [3.05, 3.63) is 58.7 Å². The van der Waals surface area contributed by atoms with E-state index in [0.29, 0.717) is 6.54 Å². The Morgan fingerprint density at radius 1 is 0.895 bits per heavy atom. The number of rotatable bonds is 4. The first-order valence-corrected chi connectivity index (χ1v) is 6.64.